The van der Waals surface area contributed by atoms with E-state index in [2.05, 4.69) is 17.1 Å². The second kappa shape index (κ2) is 8.77. The van der Waals surface area contributed by atoms with E-state index in [1.807, 2.05) is 6.92 Å². The van der Waals surface area contributed by atoms with Crippen molar-refractivity contribution in [2.45, 2.75) is 35.4 Å². The molecule has 4 nitrogen and oxygen atoms in total. The highest BCUT2D eigenvalue weighted by Gasteiger charge is 2.05. The zero-order valence-electron chi connectivity index (χ0n) is 9.97. The molecule has 0 unspecified atom stereocenters. The highest BCUT2D eigenvalue weighted by molar-refractivity contribution is 8.03. The molecule has 0 fully saturated rings. The van der Waals surface area contributed by atoms with Crippen molar-refractivity contribution in [1.29, 1.82) is 0 Å². The number of carbonyl (C=O) groups is 1. The number of thioether (sulfide) groups is 2. The number of aromatic nitrogens is 2. The summed E-state index contributed by atoms with van der Waals surface area (Å²) in [6.07, 6.45) is 1.30. The lowest BCUT2D eigenvalue weighted by Crippen LogP contribution is -2.03. The number of esters is 1. The van der Waals surface area contributed by atoms with Crippen LogP contribution in [0.25, 0.3) is 0 Å². The molecule has 0 saturated heterocycles. The Morgan fingerprint density at radius 3 is 2.65 bits per heavy atom. The van der Waals surface area contributed by atoms with Crippen molar-refractivity contribution in [2.24, 2.45) is 0 Å². The van der Waals surface area contributed by atoms with Gasteiger partial charge in [-0.2, -0.15) is 0 Å². The van der Waals surface area contributed by atoms with Crippen molar-refractivity contribution in [2.75, 3.05) is 18.1 Å². The monoisotopic (exact) mass is 292 g/mol. The van der Waals surface area contributed by atoms with Crippen LogP contribution in [-0.2, 0) is 9.53 Å². The fourth-order valence-electron chi connectivity index (χ4n) is 1.05. The molecule has 96 valence electrons. The molecule has 0 aliphatic carbocycles. The van der Waals surface area contributed by atoms with Crippen LogP contribution in [0.15, 0.2) is 8.68 Å². The van der Waals surface area contributed by atoms with E-state index in [4.69, 9.17) is 4.74 Å². The summed E-state index contributed by atoms with van der Waals surface area (Å²) in [6, 6.07) is 0. The van der Waals surface area contributed by atoms with Gasteiger partial charge in [0.15, 0.2) is 8.68 Å². The SMILES string of the molecule is CCOC(=O)CCCSc1nnc(SCC)s1. The fraction of sp³-hybridized carbons (Fsp3) is 0.700. The van der Waals surface area contributed by atoms with Gasteiger partial charge in [0.2, 0.25) is 0 Å². The number of ether oxygens (including phenoxy) is 1. The van der Waals surface area contributed by atoms with Crippen molar-refractivity contribution in [1.82, 2.24) is 10.2 Å². The van der Waals surface area contributed by atoms with Gasteiger partial charge in [-0.05, 0) is 19.1 Å². The second-order valence-corrected chi connectivity index (χ2v) is 6.85. The number of rotatable bonds is 8. The summed E-state index contributed by atoms with van der Waals surface area (Å²) >= 11 is 4.97. The number of nitrogens with zero attached hydrogens (tertiary/aromatic N) is 2. The van der Waals surface area contributed by atoms with Crippen LogP contribution in [0.3, 0.4) is 0 Å². The van der Waals surface area contributed by atoms with E-state index in [-0.39, 0.29) is 5.97 Å². The molecule has 0 bridgehead atoms. The topological polar surface area (TPSA) is 52.1 Å². The zero-order valence-corrected chi connectivity index (χ0v) is 12.4. The Balaban J connectivity index is 2.15. The Morgan fingerprint density at radius 1 is 1.29 bits per heavy atom. The van der Waals surface area contributed by atoms with Gasteiger partial charge in [0.25, 0.3) is 0 Å². The van der Waals surface area contributed by atoms with Crippen molar-refractivity contribution < 1.29 is 9.53 Å². The standard InChI is InChI=1S/C10H16N2O2S3/c1-3-14-8(13)6-5-7-16-10-12-11-9(17-10)15-4-2/h3-7H2,1-2H3. The van der Waals surface area contributed by atoms with Gasteiger partial charge in [-0.25, -0.2) is 0 Å². The third-order valence-corrected chi connectivity index (χ3v) is 4.87. The van der Waals surface area contributed by atoms with Gasteiger partial charge in [0.05, 0.1) is 6.61 Å². The summed E-state index contributed by atoms with van der Waals surface area (Å²) in [5, 5.41) is 8.15. The molecule has 1 rings (SSSR count). The molecule has 1 aromatic heterocycles. The third-order valence-electron chi connectivity index (χ3n) is 1.71. The summed E-state index contributed by atoms with van der Waals surface area (Å²) in [5.74, 6) is 1.78. The van der Waals surface area contributed by atoms with Gasteiger partial charge < -0.3 is 4.74 Å². The van der Waals surface area contributed by atoms with Gasteiger partial charge in [-0.1, -0.05) is 41.8 Å². The first-order valence-corrected chi connectivity index (χ1v) is 8.29. The summed E-state index contributed by atoms with van der Waals surface area (Å²) in [5.41, 5.74) is 0. The molecular formula is C10H16N2O2S3. The lowest BCUT2D eigenvalue weighted by molar-refractivity contribution is -0.143. The smallest absolute Gasteiger partial charge is 0.305 e. The molecule has 0 N–H and O–H groups in total. The number of hydrogen-bond donors (Lipinski definition) is 0. The fourth-order valence-corrected chi connectivity index (χ4v) is 3.97. The highest BCUT2D eigenvalue weighted by Crippen LogP contribution is 2.28. The van der Waals surface area contributed by atoms with E-state index >= 15 is 0 Å². The van der Waals surface area contributed by atoms with Crippen molar-refractivity contribution >= 4 is 40.8 Å². The number of carbonyl (C=O) groups excluding carboxylic acids is 1. The largest absolute Gasteiger partial charge is 0.466 e. The molecule has 0 spiro atoms. The Morgan fingerprint density at radius 2 is 2.00 bits per heavy atom. The summed E-state index contributed by atoms with van der Waals surface area (Å²) in [6.45, 7) is 4.37. The van der Waals surface area contributed by atoms with Crippen LogP contribution in [0.2, 0.25) is 0 Å². The van der Waals surface area contributed by atoms with Crippen LogP contribution < -0.4 is 0 Å². The third kappa shape index (κ3) is 6.28. The minimum Gasteiger partial charge on any atom is -0.466 e. The molecule has 1 aromatic rings. The predicted octanol–water partition coefficient (Wildman–Crippen LogP) is 3.09. The molecule has 0 aromatic carbocycles. The van der Waals surface area contributed by atoms with E-state index in [0.29, 0.717) is 13.0 Å². The van der Waals surface area contributed by atoms with Gasteiger partial charge in [-0.3, -0.25) is 4.79 Å². The van der Waals surface area contributed by atoms with Crippen molar-refractivity contribution in [3.8, 4) is 0 Å². The van der Waals surface area contributed by atoms with Crippen molar-refractivity contribution in [3.63, 3.8) is 0 Å². The zero-order chi connectivity index (χ0) is 12.5. The van der Waals surface area contributed by atoms with Crippen LogP contribution in [0.4, 0.5) is 0 Å². The van der Waals surface area contributed by atoms with E-state index in [1.54, 1.807) is 34.9 Å². The van der Waals surface area contributed by atoms with Gasteiger partial charge in [0, 0.05) is 12.2 Å². The normalized spacial score (nSPS) is 10.5. The second-order valence-electron chi connectivity index (χ2n) is 3.02. The Hall–Kier alpha value is -0.270. The van der Waals surface area contributed by atoms with Gasteiger partial charge >= 0.3 is 5.97 Å². The van der Waals surface area contributed by atoms with E-state index in [0.717, 1.165) is 26.6 Å². The minimum atomic E-state index is -0.118. The maximum atomic E-state index is 11.1. The summed E-state index contributed by atoms with van der Waals surface area (Å²) < 4.78 is 6.84. The minimum absolute atomic E-state index is 0.118. The Labute approximate surface area is 114 Å². The molecule has 1 heterocycles. The lowest BCUT2D eigenvalue weighted by atomic mass is 10.3. The first kappa shape index (κ1) is 14.8. The lowest BCUT2D eigenvalue weighted by Gasteiger charge is -1.99. The molecule has 17 heavy (non-hydrogen) atoms. The molecule has 0 amide bonds. The molecule has 0 aliphatic rings. The maximum Gasteiger partial charge on any atom is 0.305 e. The molecule has 0 saturated carbocycles. The van der Waals surface area contributed by atoms with Crippen LogP contribution in [-0.4, -0.2) is 34.3 Å². The van der Waals surface area contributed by atoms with Crippen LogP contribution in [0.1, 0.15) is 26.7 Å². The predicted molar refractivity (Wildman–Crippen MR) is 72.9 cm³/mol. The molecule has 0 aliphatic heterocycles. The van der Waals surface area contributed by atoms with Crippen LogP contribution in [0, 0.1) is 0 Å². The van der Waals surface area contributed by atoms with Crippen LogP contribution in [0.5, 0.6) is 0 Å². The summed E-state index contributed by atoms with van der Waals surface area (Å²) in [4.78, 5) is 11.1. The van der Waals surface area contributed by atoms with E-state index in [9.17, 15) is 4.79 Å². The quantitative estimate of drug-likeness (QED) is 0.417. The first-order chi connectivity index (χ1) is 8.26. The molecule has 0 atom stereocenters. The van der Waals surface area contributed by atoms with Gasteiger partial charge in [-0.15, -0.1) is 10.2 Å². The molecule has 7 heteroatoms. The van der Waals surface area contributed by atoms with E-state index < -0.39 is 0 Å². The molecule has 0 radical (unpaired) electrons. The maximum absolute atomic E-state index is 11.1. The molecular weight excluding hydrogens is 276 g/mol. The number of hydrogen-bond acceptors (Lipinski definition) is 7. The Bertz CT molecular complexity index is 344. The van der Waals surface area contributed by atoms with Crippen molar-refractivity contribution in [3.05, 3.63) is 0 Å². The van der Waals surface area contributed by atoms with E-state index in [1.165, 1.54) is 0 Å². The average molecular weight is 292 g/mol. The van der Waals surface area contributed by atoms with Gasteiger partial charge in [0.1, 0.15) is 0 Å². The summed E-state index contributed by atoms with van der Waals surface area (Å²) in [7, 11) is 0. The first-order valence-electron chi connectivity index (χ1n) is 5.51. The average Bonchev–Trinajstić information content (AvgIpc) is 2.73. The highest BCUT2D eigenvalue weighted by atomic mass is 32.2. The Kier molecular flexibility index (Phi) is 7.63. The van der Waals surface area contributed by atoms with Crippen LogP contribution >= 0.6 is 34.9 Å².